The molecule has 36 heavy (non-hydrogen) atoms. The molecule has 0 spiro atoms. The van der Waals surface area contributed by atoms with E-state index in [0.717, 1.165) is 35.1 Å². The van der Waals surface area contributed by atoms with E-state index < -0.39 is 0 Å². The number of anilines is 2. The summed E-state index contributed by atoms with van der Waals surface area (Å²) in [6.07, 6.45) is 9.47. The summed E-state index contributed by atoms with van der Waals surface area (Å²) in [6, 6.07) is 17.4. The number of ether oxygens (including phenoxy) is 1. The lowest BCUT2D eigenvalue weighted by molar-refractivity contribution is 0.222. The molecule has 1 atom stereocenters. The van der Waals surface area contributed by atoms with E-state index in [1.165, 1.54) is 56.3 Å². The molecule has 6 rings (SSSR count). The van der Waals surface area contributed by atoms with Gasteiger partial charge in [0.05, 0.1) is 11.8 Å². The van der Waals surface area contributed by atoms with Gasteiger partial charge < -0.3 is 15.0 Å². The Hall–Kier alpha value is -3.45. The molecule has 0 radical (unpaired) electrons. The fourth-order valence-corrected chi connectivity index (χ4v) is 5.59. The minimum absolute atomic E-state index is 0.0928. The lowest BCUT2D eigenvalue weighted by Crippen LogP contribution is -2.32. The van der Waals surface area contributed by atoms with Crippen molar-refractivity contribution < 1.29 is 4.74 Å². The van der Waals surface area contributed by atoms with Crippen LogP contribution in [-0.4, -0.2) is 49.7 Å². The molecule has 1 saturated heterocycles. The number of fused-ring (bicyclic) bond motifs is 2. The van der Waals surface area contributed by atoms with Crippen LogP contribution in [0.4, 0.5) is 11.6 Å². The summed E-state index contributed by atoms with van der Waals surface area (Å²) >= 11 is 0. The largest absolute Gasteiger partial charge is 0.475 e. The summed E-state index contributed by atoms with van der Waals surface area (Å²) in [5.74, 6) is 1.22. The number of nitrogens with one attached hydrogen (secondary N) is 1. The van der Waals surface area contributed by atoms with Crippen LogP contribution < -0.4 is 10.1 Å². The summed E-state index contributed by atoms with van der Waals surface area (Å²) < 4.78 is 7.55. The van der Waals surface area contributed by atoms with Crippen LogP contribution in [0.3, 0.4) is 0 Å². The van der Waals surface area contributed by atoms with Crippen LogP contribution in [0, 0.1) is 0 Å². The van der Waals surface area contributed by atoms with Crippen molar-refractivity contribution in [3.63, 3.8) is 0 Å². The average molecular weight is 483 g/mol. The van der Waals surface area contributed by atoms with Crippen molar-refractivity contribution in [3.8, 4) is 17.1 Å². The van der Waals surface area contributed by atoms with Crippen LogP contribution in [0.5, 0.6) is 5.88 Å². The number of likely N-dealkylation sites (tertiary alicyclic amines) is 1. The predicted octanol–water partition coefficient (Wildman–Crippen LogP) is 5.67. The highest BCUT2D eigenvalue weighted by atomic mass is 16.5. The molecule has 0 amide bonds. The average Bonchev–Trinajstić information content (AvgIpc) is 3.50. The standard InChI is InChI=1S/C29H34N6O/c1-20(2)36-28-15-11-23(19-30-28)26-6-5-7-27-32-29(33-35(26)27)31-24-12-8-21-9-13-25(14-10-22(21)18-24)34-16-3-4-17-34/h5-8,11-12,15,18-20,25H,3-4,9-10,13-14,16-17H2,1-2H3,(H,31,33)/t25-/m0/s1. The molecular weight excluding hydrogens is 448 g/mol. The quantitative estimate of drug-likeness (QED) is 0.358. The number of hydrogen-bond acceptors (Lipinski definition) is 6. The summed E-state index contributed by atoms with van der Waals surface area (Å²) in [7, 11) is 0. The number of aromatic nitrogens is 4. The van der Waals surface area contributed by atoms with Crippen LogP contribution in [0.1, 0.15) is 50.7 Å². The molecular formula is C29H34N6O. The Morgan fingerprint density at radius 2 is 1.81 bits per heavy atom. The Bertz CT molecular complexity index is 1340. The second kappa shape index (κ2) is 9.90. The first-order chi connectivity index (χ1) is 17.6. The van der Waals surface area contributed by atoms with Gasteiger partial charge in [0.1, 0.15) is 0 Å². The fraction of sp³-hybridized carbons (Fsp3) is 0.414. The normalized spacial score (nSPS) is 18.4. The second-order valence-corrected chi connectivity index (χ2v) is 10.3. The zero-order valence-electron chi connectivity index (χ0n) is 21.2. The molecule has 1 fully saturated rings. The van der Waals surface area contributed by atoms with Gasteiger partial charge in [0, 0.05) is 29.6 Å². The second-order valence-electron chi connectivity index (χ2n) is 10.3. The highest BCUT2D eigenvalue weighted by Crippen LogP contribution is 2.29. The van der Waals surface area contributed by atoms with Gasteiger partial charge in [-0.1, -0.05) is 12.1 Å². The Labute approximate surface area is 212 Å². The fourth-order valence-electron chi connectivity index (χ4n) is 5.59. The highest BCUT2D eigenvalue weighted by Gasteiger charge is 2.24. The lowest BCUT2D eigenvalue weighted by atomic mass is 10.0. The smallest absolute Gasteiger partial charge is 0.247 e. The molecule has 0 saturated carbocycles. The summed E-state index contributed by atoms with van der Waals surface area (Å²) in [4.78, 5) is 11.9. The number of pyridine rings is 2. The van der Waals surface area contributed by atoms with Gasteiger partial charge in [-0.15, -0.1) is 5.10 Å². The lowest BCUT2D eigenvalue weighted by Gasteiger charge is -2.25. The van der Waals surface area contributed by atoms with E-state index in [-0.39, 0.29) is 6.10 Å². The van der Waals surface area contributed by atoms with E-state index in [9.17, 15) is 0 Å². The number of benzene rings is 1. The molecule has 1 N–H and O–H groups in total. The molecule has 1 aliphatic carbocycles. The van der Waals surface area contributed by atoms with E-state index >= 15 is 0 Å². The molecule has 7 heteroatoms. The summed E-state index contributed by atoms with van der Waals surface area (Å²) in [5, 5.41) is 8.23. The zero-order chi connectivity index (χ0) is 24.5. The van der Waals surface area contributed by atoms with Crippen molar-refractivity contribution in [2.45, 2.75) is 64.5 Å². The van der Waals surface area contributed by atoms with Crippen molar-refractivity contribution in [2.75, 3.05) is 18.4 Å². The number of aryl methyl sites for hydroxylation is 2. The SMILES string of the molecule is CC(C)Oc1ccc(-c2cccc3nc(Nc4ccc5c(c4)CC[C@@H](N4CCCC4)CC5)nn23)cn1. The van der Waals surface area contributed by atoms with Gasteiger partial charge in [-0.05, 0) is 107 Å². The molecule has 186 valence electrons. The zero-order valence-corrected chi connectivity index (χ0v) is 21.2. The molecule has 1 aromatic carbocycles. The van der Waals surface area contributed by atoms with Gasteiger partial charge in [0.2, 0.25) is 11.8 Å². The number of rotatable bonds is 6. The molecule has 2 aliphatic rings. The first kappa shape index (κ1) is 23.0. The maximum absolute atomic E-state index is 5.68. The van der Waals surface area contributed by atoms with Gasteiger partial charge in [-0.25, -0.2) is 9.50 Å². The maximum atomic E-state index is 5.68. The van der Waals surface area contributed by atoms with E-state index in [0.29, 0.717) is 11.8 Å². The molecule has 1 aliphatic heterocycles. The minimum atomic E-state index is 0.0928. The maximum Gasteiger partial charge on any atom is 0.247 e. The van der Waals surface area contributed by atoms with Crippen molar-refractivity contribution in [1.29, 1.82) is 0 Å². The Kier molecular flexibility index (Phi) is 6.32. The minimum Gasteiger partial charge on any atom is -0.475 e. The van der Waals surface area contributed by atoms with Crippen molar-refractivity contribution in [3.05, 3.63) is 65.9 Å². The summed E-state index contributed by atoms with van der Waals surface area (Å²) in [5.41, 5.74) is 6.69. The van der Waals surface area contributed by atoms with E-state index in [2.05, 4.69) is 33.4 Å². The summed E-state index contributed by atoms with van der Waals surface area (Å²) in [6.45, 7) is 6.55. The van der Waals surface area contributed by atoms with E-state index in [1.54, 1.807) is 0 Å². The van der Waals surface area contributed by atoms with Crippen LogP contribution in [0.15, 0.2) is 54.7 Å². The molecule has 4 aromatic rings. The Morgan fingerprint density at radius 3 is 2.58 bits per heavy atom. The first-order valence-electron chi connectivity index (χ1n) is 13.2. The molecule has 0 unspecified atom stereocenters. The van der Waals surface area contributed by atoms with Gasteiger partial charge in [-0.2, -0.15) is 4.98 Å². The van der Waals surface area contributed by atoms with E-state index in [1.807, 2.05) is 54.9 Å². The Balaban J connectivity index is 1.21. The highest BCUT2D eigenvalue weighted by molar-refractivity contribution is 5.64. The van der Waals surface area contributed by atoms with Crippen molar-refractivity contribution >= 4 is 17.3 Å². The van der Waals surface area contributed by atoms with Crippen molar-refractivity contribution in [1.82, 2.24) is 24.5 Å². The number of hydrogen-bond donors (Lipinski definition) is 1. The van der Waals surface area contributed by atoms with Crippen LogP contribution in [-0.2, 0) is 12.8 Å². The van der Waals surface area contributed by atoms with Crippen molar-refractivity contribution in [2.24, 2.45) is 0 Å². The van der Waals surface area contributed by atoms with Gasteiger partial charge in [-0.3, -0.25) is 0 Å². The van der Waals surface area contributed by atoms with Crippen LogP contribution in [0.2, 0.25) is 0 Å². The molecule has 3 aromatic heterocycles. The van der Waals surface area contributed by atoms with Gasteiger partial charge >= 0.3 is 0 Å². The molecule has 4 heterocycles. The predicted molar refractivity (Wildman–Crippen MR) is 143 cm³/mol. The molecule has 0 bridgehead atoms. The monoisotopic (exact) mass is 482 g/mol. The Morgan fingerprint density at radius 1 is 0.972 bits per heavy atom. The molecule has 7 nitrogen and oxygen atoms in total. The topological polar surface area (TPSA) is 67.6 Å². The van der Waals surface area contributed by atoms with Crippen LogP contribution >= 0.6 is 0 Å². The van der Waals surface area contributed by atoms with Gasteiger partial charge in [0.25, 0.3) is 0 Å². The number of nitrogens with zero attached hydrogens (tertiary/aromatic N) is 5. The first-order valence-corrected chi connectivity index (χ1v) is 13.2. The third-order valence-corrected chi connectivity index (χ3v) is 7.36. The van der Waals surface area contributed by atoms with Crippen LogP contribution in [0.25, 0.3) is 16.9 Å². The third-order valence-electron chi connectivity index (χ3n) is 7.36. The van der Waals surface area contributed by atoms with Gasteiger partial charge in [0.15, 0.2) is 5.65 Å². The van der Waals surface area contributed by atoms with E-state index in [4.69, 9.17) is 14.8 Å². The third kappa shape index (κ3) is 4.80.